The molecule has 9 heteroatoms. The van der Waals surface area contributed by atoms with Gasteiger partial charge in [0.2, 0.25) is 16.7 Å². The van der Waals surface area contributed by atoms with Gasteiger partial charge < -0.3 is 10.0 Å². The zero-order valence-electron chi connectivity index (χ0n) is 15.0. The maximum absolute atomic E-state index is 11.6. The van der Waals surface area contributed by atoms with Crippen LogP contribution in [-0.4, -0.2) is 61.6 Å². The summed E-state index contributed by atoms with van der Waals surface area (Å²) >= 11 is 3.19. The second kappa shape index (κ2) is 6.64. The fourth-order valence-electron chi connectivity index (χ4n) is 3.44. The van der Waals surface area contributed by atoms with Gasteiger partial charge in [-0.15, -0.1) is 16.4 Å². The smallest absolute Gasteiger partial charge is 0.230 e. The molecule has 0 spiro atoms. The Hall–Kier alpha value is -1.97. The summed E-state index contributed by atoms with van der Waals surface area (Å²) in [5, 5.41) is 17.2. The normalized spacial score (nSPS) is 17.1. The molecule has 0 radical (unpaired) electrons. The van der Waals surface area contributed by atoms with E-state index in [0.717, 1.165) is 18.0 Å². The molecule has 1 fully saturated rings. The molecule has 1 saturated heterocycles. The highest BCUT2D eigenvalue weighted by Gasteiger charge is 2.33. The molecule has 0 saturated carbocycles. The Morgan fingerprint density at radius 1 is 1.23 bits per heavy atom. The molecule has 3 aromatic heterocycles. The average Bonchev–Trinajstić information content (AvgIpc) is 3.27. The molecule has 0 aromatic carbocycles. The minimum absolute atomic E-state index is 0.0436. The lowest BCUT2D eigenvalue weighted by molar-refractivity contribution is -0.130. The standard InChI is InChI=1S/C17H21N5O2S2/c1-10-4-9-25-14(10)13(21-7-5-20(6-8-21)12(3)23)15-16(24)22-17(26-15)18-11(2)19-22/h4,9,13,24H,5-8H2,1-3H3/t13-/m0/s1. The first-order valence-corrected chi connectivity index (χ1v) is 10.2. The Balaban J connectivity index is 1.74. The molecule has 1 aliphatic heterocycles. The maximum atomic E-state index is 11.6. The number of aromatic hydroxyl groups is 1. The second-order valence-electron chi connectivity index (χ2n) is 6.56. The molecule has 7 nitrogen and oxygen atoms in total. The van der Waals surface area contributed by atoms with Crippen molar-refractivity contribution in [3.63, 3.8) is 0 Å². The van der Waals surface area contributed by atoms with Gasteiger partial charge in [0.1, 0.15) is 5.82 Å². The molecule has 4 rings (SSSR count). The van der Waals surface area contributed by atoms with E-state index in [4.69, 9.17) is 0 Å². The number of hydrogen-bond acceptors (Lipinski definition) is 7. The number of hydrogen-bond donors (Lipinski definition) is 1. The van der Waals surface area contributed by atoms with Crippen LogP contribution < -0.4 is 0 Å². The molecule has 0 bridgehead atoms. The summed E-state index contributed by atoms with van der Waals surface area (Å²) in [6.45, 7) is 8.49. The van der Waals surface area contributed by atoms with Crippen molar-refractivity contribution >= 4 is 33.5 Å². The van der Waals surface area contributed by atoms with E-state index in [1.54, 1.807) is 18.3 Å². The molecule has 3 aromatic rings. The van der Waals surface area contributed by atoms with Crippen molar-refractivity contribution < 1.29 is 9.90 Å². The molecule has 1 aliphatic rings. The van der Waals surface area contributed by atoms with Gasteiger partial charge in [0.15, 0.2) is 0 Å². The molecule has 138 valence electrons. The third kappa shape index (κ3) is 2.89. The molecule has 1 N–H and O–H groups in total. The minimum atomic E-state index is -0.0436. The van der Waals surface area contributed by atoms with E-state index in [1.807, 2.05) is 11.8 Å². The van der Waals surface area contributed by atoms with E-state index in [9.17, 15) is 9.90 Å². The first-order chi connectivity index (χ1) is 12.5. The largest absolute Gasteiger partial charge is 0.492 e. The number of fused-ring (bicyclic) bond motifs is 1. The van der Waals surface area contributed by atoms with Crippen LogP contribution >= 0.6 is 22.7 Å². The van der Waals surface area contributed by atoms with Gasteiger partial charge in [-0.05, 0) is 30.9 Å². The summed E-state index contributed by atoms with van der Waals surface area (Å²) < 4.78 is 1.52. The van der Waals surface area contributed by atoms with E-state index in [2.05, 4.69) is 33.4 Å². The van der Waals surface area contributed by atoms with Crippen LogP contribution in [0.2, 0.25) is 0 Å². The fourth-order valence-corrected chi connectivity index (χ4v) is 5.72. The topological polar surface area (TPSA) is 74.0 Å². The number of thiophene rings is 1. The molecule has 0 aliphatic carbocycles. The van der Waals surface area contributed by atoms with E-state index in [0.29, 0.717) is 23.9 Å². The molecule has 0 unspecified atom stereocenters. The Labute approximate surface area is 159 Å². The highest BCUT2D eigenvalue weighted by Crippen LogP contribution is 2.42. The third-order valence-corrected chi connectivity index (χ3v) is 6.97. The first kappa shape index (κ1) is 17.4. The van der Waals surface area contributed by atoms with Crippen molar-refractivity contribution in [1.29, 1.82) is 0 Å². The van der Waals surface area contributed by atoms with E-state index >= 15 is 0 Å². The van der Waals surface area contributed by atoms with E-state index in [1.165, 1.54) is 26.3 Å². The van der Waals surface area contributed by atoms with Gasteiger partial charge in [-0.25, -0.2) is 4.98 Å². The predicted molar refractivity (Wildman–Crippen MR) is 102 cm³/mol. The van der Waals surface area contributed by atoms with Crippen LogP contribution in [0.1, 0.15) is 34.1 Å². The molecular formula is C17H21N5O2S2. The summed E-state index contributed by atoms with van der Waals surface area (Å²) in [7, 11) is 0. The van der Waals surface area contributed by atoms with Crippen LogP contribution in [0, 0.1) is 13.8 Å². The molecule has 4 heterocycles. The number of carbonyl (C=O) groups excluding carboxylic acids is 1. The molecule has 1 amide bonds. The fraction of sp³-hybridized carbons (Fsp3) is 0.471. The van der Waals surface area contributed by atoms with E-state index < -0.39 is 0 Å². The number of nitrogens with zero attached hydrogens (tertiary/aromatic N) is 5. The minimum Gasteiger partial charge on any atom is -0.492 e. The lowest BCUT2D eigenvalue weighted by atomic mass is 10.1. The van der Waals surface area contributed by atoms with Crippen LogP contribution in [-0.2, 0) is 4.79 Å². The highest BCUT2D eigenvalue weighted by molar-refractivity contribution is 7.17. The van der Waals surface area contributed by atoms with Gasteiger partial charge in [0, 0.05) is 38.0 Å². The average molecular weight is 392 g/mol. The Morgan fingerprint density at radius 2 is 1.96 bits per heavy atom. The van der Waals surface area contributed by atoms with Crippen molar-refractivity contribution in [2.75, 3.05) is 26.2 Å². The van der Waals surface area contributed by atoms with Crippen LogP contribution in [0.5, 0.6) is 5.88 Å². The Morgan fingerprint density at radius 3 is 2.54 bits per heavy atom. The SMILES string of the molecule is CC(=O)N1CCN([C@@H](c2sccc2C)c2sc3nc(C)nn3c2O)CC1. The molecule has 1 atom stereocenters. The van der Waals surface area contributed by atoms with Gasteiger partial charge in [-0.1, -0.05) is 11.3 Å². The lowest BCUT2D eigenvalue weighted by Gasteiger charge is -2.38. The van der Waals surface area contributed by atoms with Crippen LogP contribution in [0.25, 0.3) is 4.96 Å². The summed E-state index contributed by atoms with van der Waals surface area (Å²) in [6.07, 6.45) is 0. The van der Waals surface area contributed by atoms with Gasteiger partial charge in [-0.2, -0.15) is 4.52 Å². The zero-order chi connectivity index (χ0) is 18.4. The number of aromatic nitrogens is 3. The quantitative estimate of drug-likeness (QED) is 0.742. The van der Waals surface area contributed by atoms with E-state index in [-0.39, 0.29) is 17.8 Å². The Bertz CT molecular complexity index is 952. The first-order valence-electron chi connectivity index (χ1n) is 8.54. The highest BCUT2D eigenvalue weighted by atomic mass is 32.1. The van der Waals surface area contributed by atoms with Crippen LogP contribution in [0.4, 0.5) is 0 Å². The number of amides is 1. The van der Waals surface area contributed by atoms with Gasteiger partial charge in [0.25, 0.3) is 0 Å². The monoisotopic (exact) mass is 391 g/mol. The zero-order valence-corrected chi connectivity index (χ0v) is 16.6. The number of carbonyl (C=O) groups is 1. The number of rotatable bonds is 3. The lowest BCUT2D eigenvalue weighted by Crippen LogP contribution is -2.49. The van der Waals surface area contributed by atoms with Gasteiger partial charge >= 0.3 is 0 Å². The van der Waals surface area contributed by atoms with Crippen molar-refractivity contribution in [3.8, 4) is 5.88 Å². The third-order valence-electron chi connectivity index (χ3n) is 4.83. The van der Waals surface area contributed by atoms with Crippen molar-refractivity contribution in [2.45, 2.75) is 26.8 Å². The molecular weight excluding hydrogens is 370 g/mol. The van der Waals surface area contributed by atoms with Crippen molar-refractivity contribution in [1.82, 2.24) is 24.4 Å². The van der Waals surface area contributed by atoms with Crippen molar-refractivity contribution in [3.05, 3.63) is 32.6 Å². The summed E-state index contributed by atoms with van der Waals surface area (Å²) in [5.74, 6) is 0.931. The Kier molecular flexibility index (Phi) is 4.45. The number of piperazine rings is 1. The number of thiazole rings is 1. The summed E-state index contributed by atoms with van der Waals surface area (Å²) in [4.78, 5) is 23.1. The summed E-state index contributed by atoms with van der Waals surface area (Å²) in [6, 6.07) is 2.06. The predicted octanol–water partition coefficient (Wildman–Crippen LogP) is 2.43. The van der Waals surface area contributed by atoms with Crippen LogP contribution in [0.3, 0.4) is 0 Å². The van der Waals surface area contributed by atoms with Crippen LogP contribution in [0.15, 0.2) is 11.4 Å². The van der Waals surface area contributed by atoms with Gasteiger partial charge in [-0.3, -0.25) is 9.69 Å². The molecule has 26 heavy (non-hydrogen) atoms. The van der Waals surface area contributed by atoms with Crippen molar-refractivity contribution in [2.24, 2.45) is 0 Å². The second-order valence-corrected chi connectivity index (χ2v) is 8.51. The number of aryl methyl sites for hydroxylation is 2. The maximum Gasteiger partial charge on any atom is 0.230 e. The van der Waals surface area contributed by atoms with Gasteiger partial charge in [0.05, 0.1) is 10.9 Å². The summed E-state index contributed by atoms with van der Waals surface area (Å²) in [5.41, 5.74) is 1.21.